The minimum Gasteiger partial charge on any atom is -0.437 e. The van der Waals surface area contributed by atoms with Gasteiger partial charge in [0.2, 0.25) is 5.88 Å². The fourth-order valence-electron chi connectivity index (χ4n) is 2.71. The summed E-state index contributed by atoms with van der Waals surface area (Å²) in [6, 6.07) is 4.87. The van der Waals surface area contributed by atoms with Gasteiger partial charge in [0.05, 0.1) is 18.1 Å². The van der Waals surface area contributed by atoms with Crippen molar-refractivity contribution in [1.29, 1.82) is 0 Å². The van der Waals surface area contributed by atoms with Crippen LogP contribution in [0.15, 0.2) is 54.1 Å². The molecule has 0 fully saturated rings. The van der Waals surface area contributed by atoms with Crippen molar-refractivity contribution in [3.8, 4) is 22.9 Å². The maximum absolute atomic E-state index is 12.4. The first-order chi connectivity index (χ1) is 14.9. The predicted octanol–water partition coefficient (Wildman–Crippen LogP) is 1.72. The van der Waals surface area contributed by atoms with Crippen LogP contribution in [0, 0.1) is 6.92 Å². The molecule has 11 nitrogen and oxygen atoms in total. The van der Waals surface area contributed by atoms with Gasteiger partial charge in [-0.05, 0) is 19.1 Å². The fourth-order valence-corrected chi connectivity index (χ4v) is 2.71. The highest BCUT2D eigenvalue weighted by molar-refractivity contribution is 6.03. The Balaban J connectivity index is 1.46. The number of hydrogen-bond donors (Lipinski definition) is 1. The highest BCUT2D eigenvalue weighted by Crippen LogP contribution is 2.23. The smallest absolute Gasteiger partial charge is 0.266 e. The number of pyridine rings is 1. The second-order valence-corrected chi connectivity index (χ2v) is 6.66. The summed E-state index contributed by atoms with van der Waals surface area (Å²) < 4.78 is 8.71. The number of ether oxygens (including phenoxy) is 1. The molecular weight excluding hydrogens is 400 g/mol. The number of aryl methyl sites for hydroxylation is 2. The molecule has 0 saturated heterocycles. The number of anilines is 1. The van der Waals surface area contributed by atoms with E-state index < -0.39 is 11.5 Å². The summed E-state index contributed by atoms with van der Waals surface area (Å²) in [5, 5.41) is 6.70. The number of carbonyl (C=O) groups is 1. The number of hydrogen-bond acceptors (Lipinski definition) is 8. The van der Waals surface area contributed by atoms with Gasteiger partial charge in [-0.25, -0.2) is 19.9 Å². The minimum absolute atomic E-state index is 0.0702. The van der Waals surface area contributed by atoms with E-state index in [4.69, 9.17) is 4.74 Å². The molecule has 4 aromatic rings. The highest BCUT2D eigenvalue weighted by Gasteiger charge is 2.14. The first-order valence-electron chi connectivity index (χ1n) is 9.19. The Morgan fingerprint density at radius 1 is 1.06 bits per heavy atom. The zero-order valence-corrected chi connectivity index (χ0v) is 17.0. The lowest BCUT2D eigenvalue weighted by Gasteiger charge is -2.08. The molecule has 0 unspecified atom stereocenters. The first kappa shape index (κ1) is 19.9. The molecule has 11 heteroatoms. The Hall–Kier alpha value is -4.41. The SMILES string of the molecule is Cc1ncc(C(=O)Nc2ccc(Oc3cc(-c4cnn(C)c4)ncn3)cn2)c(=O)n1C. The van der Waals surface area contributed by atoms with Gasteiger partial charge in [0.25, 0.3) is 11.5 Å². The Morgan fingerprint density at radius 2 is 1.90 bits per heavy atom. The van der Waals surface area contributed by atoms with Gasteiger partial charge < -0.3 is 10.1 Å². The Morgan fingerprint density at radius 3 is 2.61 bits per heavy atom. The molecule has 0 aliphatic rings. The zero-order valence-electron chi connectivity index (χ0n) is 17.0. The topological polar surface area (TPSA) is 130 Å². The number of aromatic nitrogens is 7. The third-order valence-electron chi connectivity index (χ3n) is 4.49. The lowest BCUT2D eigenvalue weighted by molar-refractivity contribution is 0.102. The predicted molar refractivity (Wildman–Crippen MR) is 111 cm³/mol. The molecule has 0 bridgehead atoms. The number of amides is 1. The van der Waals surface area contributed by atoms with Crippen molar-refractivity contribution >= 4 is 11.7 Å². The third kappa shape index (κ3) is 4.29. The molecule has 0 atom stereocenters. The van der Waals surface area contributed by atoms with Gasteiger partial charge in [-0.2, -0.15) is 5.10 Å². The van der Waals surface area contributed by atoms with Crippen LogP contribution in [-0.2, 0) is 14.1 Å². The standard InChI is InChI=1S/C20H18N8O3/c1-12-21-9-15(20(30)28(12)3)19(29)26-17-5-4-14(8-22-17)31-18-6-16(23-11-24-18)13-7-25-27(2)10-13/h4-11H,1-3H3,(H,22,26,29). The minimum atomic E-state index is -0.591. The van der Waals surface area contributed by atoms with E-state index in [-0.39, 0.29) is 11.4 Å². The van der Waals surface area contributed by atoms with Crippen molar-refractivity contribution in [3.63, 3.8) is 0 Å². The van der Waals surface area contributed by atoms with Crippen molar-refractivity contribution in [2.24, 2.45) is 14.1 Å². The number of nitrogens with zero attached hydrogens (tertiary/aromatic N) is 7. The number of carbonyl (C=O) groups excluding carboxylic acids is 1. The summed E-state index contributed by atoms with van der Waals surface area (Å²) in [5.41, 5.74) is 1.00. The Labute approximate surface area is 176 Å². The van der Waals surface area contributed by atoms with Crippen molar-refractivity contribution in [1.82, 2.24) is 34.3 Å². The Bertz CT molecular complexity index is 1310. The van der Waals surface area contributed by atoms with Gasteiger partial charge in [0.1, 0.15) is 29.3 Å². The average molecular weight is 418 g/mol. The fraction of sp³-hybridized carbons (Fsp3) is 0.150. The van der Waals surface area contributed by atoms with E-state index in [1.165, 1.54) is 23.3 Å². The molecular formula is C20H18N8O3. The van der Waals surface area contributed by atoms with E-state index in [1.54, 1.807) is 43.0 Å². The molecule has 4 rings (SSSR count). The Kier molecular flexibility index (Phi) is 5.22. The molecule has 1 amide bonds. The summed E-state index contributed by atoms with van der Waals surface area (Å²) in [7, 11) is 3.38. The quantitative estimate of drug-likeness (QED) is 0.518. The second-order valence-electron chi connectivity index (χ2n) is 6.66. The van der Waals surface area contributed by atoms with Crippen LogP contribution in [-0.4, -0.2) is 40.2 Å². The van der Waals surface area contributed by atoms with Gasteiger partial charge in [-0.15, -0.1) is 0 Å². The summed E-state index contributed by atoms with van der Waals surface area (Å²) in [6.45, 7) is 1.68. The van der Waals surface area contributed by atoms with Crippen LogP contribution in [0.2, 0.25) is 0 Å². The molecule has 156 valence electrons. The molecule has 31 heavy (non-hydrogen) atoms. The second kappa shape index (κ2) is 8.14. The van der Waals surface area contributed by atoms with Gasteiger partial charge in [-0.1, -0.05) is 0 Å². The van der Waals surface area contributed by atoms with Crippen LogP contribution in [0.1, 0.15) is 16.2 Å². The van der Waals surface area contributed by atoms with Crippen LogP contribution in [0.3, 0.4) is 0 Å². The van der Waals surface area contributed by atoms with Gasteiger partial charge in [0, 0.05) is 38.1 Å². The van der Waals surface area contributed by atoms with Crippen molar-refractivity contribution < 1.29 is 9.53 Å². The van der Waals surface area contributed by atoms with Gasteiger partial charge in [0.15, 0.2) is 0 Å². The number of nitrogens with one attached hydrogen (secondary N) is 1. The molecule has 0 spiro atoms. The first-order valence-corrected chi connectivity index (χ1v) is 9.19. The molecule has 4 aromatic heterocycles. The average Bonchev–Trinajstić information content (AvgIpc) is 3.20. The van der Waals surface area contributed by atoms with Crippen LogP contribution < -0.4 is 15.6 Å². The van der Waals surface area contributed by atoms with E-state index >= 15 is 0 Å². The zero-order chi connectivity index (χ0) is 22.0. The molecule has 1 N–H and O–H groups in total. The van der Waals surface area contributed by atoms with Crippen LogP contribution in [0.25, 0.3) is 11.3 Å². The van der Waals surface area contributed by atoms with E-state index in [0.717, 1.165) is 5.56 Å². The summed E-state index contributed by atoms with van der Waals surface area (Å²) >= 11 is 0. The largest absolute Gasteiger partial charge is 0.437 e. The maximum atomic E-state index is 12.4. The van der Waals surface area contributed by atoms with Crippen LogP contribution in [0.5, 0.6) is 11.6 Å². The number of rotatable bonds is 5. The molecule has 0 saturated carbocycles. The van der Waals surface area contributed by atoms with Crippen molar-refractivity contribution in [2.45, 2.75) is 6.92 Å². The van der Waals surface area contributed by atoms with E-state index in [9.17, 15) is 9.59 Å². The van der Waals surface area contributed by atoms with E-state index in [1.807, 2.05) is 13.2 Å². The van der Waals surface area contributed by atoms with Crippen LogP contribution in [0.4, 0.5) is 5.82 Å². The molecule has 0 aliphatic heterocycles. The monoisotopic (exact) mass is 418 g/mol. The van der Waals surface area contributed by atoms with E-state index in [0.29, 0.717) is 23.1 Å². The lowest BCUT2D eigenvalue weighted by Crippen LogP contribution is -2.29. The van der Waals surface area contributed by atoms with E-state index in [2.05, 4.69) is 30.4 Å². The third-order valence-corrected chi connectivity index (χ3v) is 4.49. The summed E-state index contributed by atoms with van der Waals surface area (Å²) in [6.07, 6.45) is 7.62. The maximum Gasteiger partial charge on any atom is 0.266 e. The van der Waals surface area contributed by atoms with Gasteiger partial charge in [-0.3, -0.25) is 18.8 Å². The van der Waals surface area contributed by atoms with Crippen molar-refractivity contribution in [3.05, 3.63) is 71.1 Å². The summed E-state index contributed by atoms with van der Waals surface area (Å²) in [4.78, 5) is 41.1. The van der Waals surface area contributed by atoms with Crippen molar-refractivity contribution in [2.75, 3.05) is 5.32 Å². The highest BCUT2D eigenvalue weighted by atomic mass is 16.5. The molecule has 0 aromatic carbocycles. The molecule has 0 radical (unpaired) electrons. The van der Waals surface area contributed by atoms with Crippen LogP contribution >= 0.6 is 0 Å². The molecule has 0 aliphatic carbocycles. The summed E-state index contributed by atoms with van der Waals surface area (Å²) in [5.74, 6) is 0.936. The normalized spacial score (nSPS) is 10.7. The molecule has 4 heterocycles. The lowest BCUT2D eigenvalue weighted by atomic mass is 10.2. The van der Waals surface area contributed by atoms with Gasteiger partial charge >= 0.3 is 0 Å².